The van der Waals surface area contributed by atoms with Crippen LogP contribution in [0.5, 0.6) is 0 Å². The van der Waals surface area contributed by atoms with Crippen LogP contribution in [0.4, 0.5) is 10.3 Å². The monoisotopic (exact) mass is 448 g/mol. The number of amides is 2. The average molecular weight is 449 g/mol. The number of aryl methyl sites for hydroxylation is 1. The molecule has 10 nitrogen and oxygen atoms in total. The molecule has 0 aromatic carbocycles. The molecular weight excluding hydrogens is 424 g/mol. The maximum absolute atomic E-state index is 11.4. The lowest BCUT2D eigenvalue weighted by Gasteiger charge is -1.99. The smallest absolute Gasteiger partial charge is 0.232 e. The predicted molar refractivity (Wildman–Crippen MR) is 116 cm³/mol. The van der Waals surface area contributed by atoms with Crippen LogP contribution in [-0.4, -0.2) is 42.2 Å². The minimum atomic E-state index is -0.162. The van der Waals surface area contributed by atoms with Gasteiger partial charge < -0.3 is 10.6 Å². The third-order valence-corrected chi connectivity index (χ3v) is 5.01. The molecule has 0 atom stereocenters. The molecule has 1 saturated carbocycles. The van der Waals surface area contributed by atoms with E-state index in [0.29, 0.717) is 16.0 Å². The number of hydrogen-bond donors (Lipinski definition) is 2. The molecule has 12 heteroatoms. The second kappa shape index (κ2) is 13.4. The lowest BCUT2D eigenvalue weighted by molar-refractivity contribution is -0.116. The molecule has 1 aliphatic rings. The highest BCUT2D eigenvalue weighted by molar-refractivity contribution is 7.15. The van der Waals surface area contributed by atoms with Gasteiger partial charge in [0, 0.05) is 13.1 Å². The zero-order chi connectivity index (χ0) is 21.6. The summed E-state index contributed by atoms with van der Waals surface area (Å²) in [5.74, 6) is -0.276. The highest BCUT2D eigenvalue weighted by atomic mass is 32.1. The highest BCUT2D eigenvalue weighted by Gasteiger charge is 2.06. The van der Waals surface area contributed by atoms with E-state index < -0.39 is 0 Å². The lowest BCUT2D eigenvalue weighted by Crippen LogP contribution is -2.15. The maximum Gasteiger partial charge on any atom is 0.232 e. The van der Waals surface area contributed by atoms with Crippen LogP contribution in [0.25, 0.3) is 0 Å². The molecule has 3 heterocycles. The molecule has 0 radical (unpaired) electrons. The fourth-order valence-corrected chi connectivity index (χ4v) is 3.46. The van der Waals surface area contributed by atoms with Crippen molar-refractivity contribution in [2.45, 2.75) is 52.4 Å². The first kappa shape index (κ1) is 23.4. The van der Waals surface area contributed by atoms with E-state index in [1.54, 1.807) is 17.8 Å². The number of nitrogens with one attached hydrogen (secondary N) is 2. The van der Waals surface area contributed by atoms with Crippen molar-refractivity contribution < 1.29 is 9.59 Å². The van der Waals surface area contributed by atoms with E-state index in [-0.39, 0.29) is 18.2 Å². The minimum absolute atomic E-state index is 0.115. The van der Waals surface area contributed by atoms with Crippen molar-refractivity contribution in [2.75, 3.05) is 10.6 Å². The van der Waals surface area contributed by atoms with E-state index in [2.05, 4.69) is 41.0 Å². The third kappa shape index (κ3) is 10.1. The number of anilines is 2. The number of carbonyl (C=O) groups is 2. The number of aromatic nitrogens is 6. The van der Waals surface area contributed by atoms with Gasteiger partial charge in [-0.25, -0.2) is 9.97 Å². The molecule has 2 amide bonds. The molecule has 3 aromatic rings. The highest BCUT2D eigenvalue weighted by Crippen LogP contribution is 2.15. The zero-order valence-corrected chi connectivity index (χ0v) is 18.5. The van der Waals surface area contributed by atoms with Crippen molar-refractivity contribution in [1.82, 2.24) is 30.4 Å². The Kier molecular flexibility index (Phi) is 10.4. The summed E-state index contributed by atoms with van der Waals surface area (Å²) in [5.41, 5.74) is 2.23. The summed E-state index contributed by atoms with van der Waals surface area (Å²) in [6.07, 6.45) is 10.7. The van der Waals surface area contributed by atoms with Crippen LogP contribution in [0.15, 0.2) is 24.1 Å². The fraction of sp³-hybridized carbons (Fsp3) is 0.444. The van der Waals surface area contributed by atoms with Crippen LogP contribution < -0.4 is 10.6 Å². The molecule has 0 aliphatic heterocycles. The molecule has 2 N–H and O–H groups in total. The second-order valence-electron chi connectivity index (χ2n) is 6.24. The quantitative estimate of drug-likeness (QED) is 0.621. The second-order valence-corrected chi connectivity index (χ2v) is 8.26. The normalized spacial score (nSPS) is 12.1. The van der Waals surface area contributed by atoms with Crippen LogP contribution in [0.1, 0.15) is 49.7 Å². The predicted octanol–water partition coefficient (Wildman–Crippen LogP) is 3.26. The van der Waals surface area contributed by atoms with Crippen LogP contribution >= 0.6 is 22.7 Å². The standard InChI is InChI=1S/C8H7N5OS.C5H7N3OS.C5H10/c14-7(12-8-13-11-5-15-8)3-6-1-2-9-4-10-6;1-3(9)6-5-8-7-4(2)10-5;1-2-4-5-3-1/h1-2,4-5H,3H2,(H,12,13,14);1-2H3,(H,6,8,9);1-5H2. The number of rotatable bonds is 4. The SMILES string of the molecule is C1CCCC1.CC(=O)Nc1nnc(C)s1.O=C(Cc1ccncn1)Nc1nncs1. The van der Waals surface area contributed by atoms with E-state index in [1.165, 1.54) is 68.0 Å². The van der Waals surface area contributed by atoms with Gasteiger partial charge in [-0.05, 0) is 13.0 Å². The first-order chi connectivity index (χ1) is 14.5. The molecule has 4 rings (SSSR count). The number of nitrogens with zero attached hydrogens (tertiary/aromatic N) is 6. The molecule has 0 spiro atoms. The van der Waals surface area contributed by atoms with E-state index >= 15 is 0 Å². The molecule has 1 aliphatic carbocycles. The molecule has 30 heavy (non-hydrogen) atoms. The summed E-state index contributed by atoms with van der Waals surface area (Å²) in [6.45, 7) is 3.28. The van der Waals surface area contributed by atoms with Gasteiger partial charge in [-0.15, -0.1) is 20.4 Å². The third-order valence-electron chi connectivity index (χ3n) is 3.65. The largest absolute Gasteiger partial charge is 0.301 e. The molecule has 3 aromatic heterocycles. The van der Waals surface area contributed by atoms with Gasteiger partial charge in [-0.3, -0.25) is 9.59 Å². The summed E-state index contributed by atoms with van der Waals surface area (Å²) < 4.78 is 0. The Balaban J connectivity index is 0.000000183. The van der Waals surface area contributed by atoms with E-state index in [0.717, 1.165) is 5.01 Å². The van der Waals surface area contributed by atoms with Crippen molar-refractivity contribution in [1.29, 1.82) is 0 Å². The van der Waals surface area contributed by atoms with Crippen molar-refractivity contribution in [2.24, 2.45) is 0 Å². The zero-order valence-electron chi connectivity index (χ0n) is 16.9. The molecule has 0 unspecified atom stereocenters. The Bertz CT molecular complexity index is 875. The summed E-state index contributed by atoms with van der Waals surface area (Å²) in [4.78, 5) is 29.6. The molecule has 0 bridgehead atoms. The van der Waals surface area contributed by atoms with Gasteiger partial charge in [-0.1, -0.05) is 54.8 Å². The Morgan fingerprint density at radius 2 is 1.77 bits per heavy atom. The average Bonchev–Trinajstić information content (AvgIpc) is 3.48. The van der Waals surface area contributed by atoms with Crippen molar-refractivity contribution in [3.8, 4) is 0 Å². The summed E-state index contributed by atoms with van der Waals surface area (Å²) >= 11 is 2.64. The van der Waals surface area contributed by atoms with Crippen LogP contribution in [-0.2, 0) is 16.0 Å². The van der Waals surface area contributed by atoms with Crippen molar-refractivity contribution in [3.05, 3.63) is 34.8 Å². The minimum Gasteiger partial charge on any atom is -0.301 e. The Morgan fingerprint density at radius 1 is 1.03 bits per heavy atom. The Labute approximate surface area is 182 Å². The molecule has 160 valence electrons. The van der Waals surface area contributed by atoms with E-state index in [9.17, 15) is 9.59 Å². The van der Waals surface area contributed by atoms with Gasteiger partial charge in [0.2, 0.25) is 22.1 Å². The first-order valence-electron chi connectivity index (χ1n) is 9.41. The molecular formula is C18H24N8O2S2. The van der Waals surface area contributed by atoms with Gasteiger partial charge in [0.25, 0.3) is 0 Å². The molecule has 1 fully saturated rings. The Hall–Kier alpha value is -2.86. The fourth-order valence-electron chi connectivity index (χ4n) is 2.36. The summed E-state index contributed by atoms with van der Waals surface area (Å²) in [7, 11) is 0. The first-order valence-corrected chi connectivity index (χ1v) is 11.1. The summed E-state index contributed by atoms with van der Waals surface area (Å²) in [6, 6.07) is 1.69. The van der Waals surface area contributed by atoms with Gasteiger partial charge in [-0.2, -0.15) is 0 Å². The van der Waals surface area contributed by atoms with Gasteiger partial charge in [0.1, 0.15) is 16.8 Å². The van der Waals surface area contributed by atoms with Gasteiger partial charge >= 0.3 is 0 Å². The summed E-state index contributed by atoms with van der Waals surface area (Å²) in [5, 5.41) is 21.8. The Morgan fingerprint density at radius 3 is 2.27 bits per heavy atom. The van der Waals surface area contributed by atoms with E-state index in [1.807, 2.05) is 6.92 Å². The topological polar surface area (TPSA) is 136 Å². The maximum atomic E-state index is 11.4. The number of hydrogen-bond acceptors (Lipinski definition) is 10. The van der Waals surface area contributed by atoms with Crippen LogP contribution in [0.3, 0.4) is 0 Å². The van der Waals surface area contributed by atoms with Gasteiger partial charge in [0.05, 0.1) is 12.1 Å². The molecule has 0 saturated heterocycles. The van der Waals surface area contributed by atoms with Crippen LogP contribution in [0, 0.1) is 6.92 Å². The van der Waals surface area contributed by atoms with Crippen LogP contribution in [0.2, 0.25) is 0 Å². The van der Waals surface area contributed by atoms with E-state index in [4.69, 9.17) is 0 Å². The number of carbonyl (C=O) groups excluding carboxylic acids is 2. The van der Waals surface area contributed by atoms with Crippen molar-refractivity contribution in [3.63, 3.8) is 0 Å². The lowest BCUT2D eigenvalue weighted by atomic mass is 10.3. The van der Waals surface area contributed by atoms with Crippen molar-refractivity contribution >= 4 is 44.8 Å². The van der Waals surface area contributed by atoms with Gasteiger partial charge in [0.15, 0.2) is 0 Å².